The van der Waals surface area contributed by atoms with Gasteiger partial charge in [0.25, 0.3) is 5.69 Å². The summed E-state index contributed by atoms with van der Waals surface area (Å²) in [5.74, 6) is -0.328. The van der Waals surface area contributed by atoms with Gasteiger partial charge in [-0.1, -0.05) is 12.8 Å². The fourth-order valence-corrected chi connectivity index (χ4v) is 4.92. The van der Waals surface area contributed by atoms with Crippen molar-refractivity contribution in [1.82, 2.24) is 0 Å². The Morgan fingerprint density at radius 1 is 1.17 bits per heavy atom. The number of aryl methyl sites for hydroxylation is 1. The molecule has 0 radical (unpaired) electrons. The highest BCUT2D eigenvalue weighted by Gasteiger charge is 2.25. The van der Waals surface area contributed by atoms with Crippen molar-refractivity contribution < 1.29 is 14.5 Å². The molecule has 3 rings (SSSR count). The summed E-state index contributed by atoms with van der Waals surface area (Å²) in [6, 6.07) is 6.00. The van der Waals surface area contributed by atoms with E-state index in [1.54, 1.807) is 30.4 Å². The summed E-state index contributed by atoms with van der Waals surface area (Å²) in [6.45, 7) is 2.11. The number of anilines is 2. The third kappa shape index (κ3) is 5.30. The molecule has 29 heavy (non-hydrogen) atoms. The molecule has 0 atom stereocenters. The molecule has 9 heteroatoms. The summed E-state index contributed by atoms with van der Waals surface area (Å²) < 4.78 is 5.30. The Hall–Kier alpha value is -2.52. The van der Waals surface area contributed by atoms with Crippen LogP contribution in [0, 0.1) is 10.1 Å². The molecule has 2 N–H and O–H groups in total. The topological polar surface area (TPSA) is 93.5 Å². The molecule has 0 saturated heterocycles. The number of thiophene rings is 1. The van der Waals surface area contributed by atoms with Gasteiger partial charge in [-0.05, 0) is 62.5 Å². The van der Waals surface area contributed by atoms with Crippen molar-refractivity contribution in [2.24, 2.45) is 0 Å². The van der Waals surface area contributed by atoms with E-state index in [1.165, 1.54) is 29.9 Å². The molecule has 1 aliphatic carbocycles. The zero-order chi connectivity index (χ0) is 20.8. The Bertz CT molecular complexity index is 909. The maximum absolute atomic E-state index is 12.7. The monoisotopic (exact) mass is 433 g/mol. The minimum absolute atomic E-state index is 0.0112. The van der Waals surface area contributed by atoms with Gasteiger partial charge in [0.2, 0.25) is 0 Å². The van der Waals surface area contributed by atoms with E-state index in [1.807, 2.05) is 0 Å². The summed E-state index contributed by atoms with van der Waals surface area (Å²) in [6.07, 6.45) is 6.36. The number of nitrogens with one attached hydrogen (secondary N) is 2. The van der Waals surface area contributed by atoms with Crippen molar-refractivity contribution in [3.8, 4) is 0 Å². The highest BCUT2D eigenvalue weighted by atomic mass is 32.1. The Morgan fingerprint density at radius 3 is 2.52 bits per heavy atom. The number of carbonyl (C=O) groups is 1. The lowest BCUT2D eigenvalue weighted by Gasteiger charge is -2.12. The summed E-state index contributed by atoms with van der Waals surface area (Å²) in [5, 5.41) is 17.9. The maximum Gasteiger partial charge on any atom is 0.341 e. The predicted molar refractivity (Wildman–Crippen MR) is 119 cm³/mol. The second kappa shape index (κ2) is 9.80. The molecule has 1 aliphatic rings. The molecule has 154 valence electrons. The lowest BCUT2D eigenvalue weighted by molar-refractivity contribution is -0.384. The summed E-state index contributed by atoms with van der Waals surface area (Å²) in [7, 11) is 0. The molecule has 0 bridgehead atoms. The van der Waals surface area contributed by atoms with Gasteiger partial charge >= 0.3 is 5.97 Å². The number of ether oxygens (including phenoxy) is 1. The van der Waals surface area contributed by atoms with Crippen molar-refractivity contribution in [2.45, 2.75) is 45.4 Å². The number of benzene rings is 1. The van der Waals surface area contributed by atoms with E-state index in [4.69, 9.17) is 17.0 Å². The first kappa shape index (κ1) is 21.2. The molecule has 1 aromatic heterocycles. The Labute approximate surface area is 178 Å². The lowest BCUT2D eigenvalue weighted by atomic mass is 9.96. The molecule has 0 spiro atoms. The van der Waals surface area contributed by atoms with Crippen LogP contribution in [0.25, 0.3) is 0 Å². The fourth-order valence-electron chi connectivity index (χ4n) is 3.36. The minimum atomic E-state index is -0.451. The van der Waals surface area contributed by atoms with Crippen LogP contribution in [0.5, 0.6) is 0 Å². The van der Waals surface area contributed by atoms with E-state index >= 15 is 0 Å². The zero-order valence-corrected chi connectivity index (χ0v) is 17.8. The van der Waals surface area contributed by atoms with E-state index in [0.29, 0.717) is 28.0 Å². The molecule has 1 heterocycles. The first-order valence-corrected chi connectivity index (χ1v) is 10.9. The SMILES string of the molecule is CCOC(=O)c1c(NC(=S)Nc2ccc([N+](=O)[O-])cc2)sc2c1CCCCCC2. The van der Waals surface area contributed by atoms with Gasteiger partial charge in [-0.3, -0.25) is 10.1 Å². The standard InChI is InChI=1S/C20H23N3O4S2/c1-2-27-19(24)17-15-7-5-3-4-6-8-16(15)29-18(17)22-20(28)21-13-9-11-14(12-10-13)23(25)26/h9-12H,2-8H2,1H3,(H2,21,22,28). The van der Waals surface area contributed by atoms with Crippen molar-refractivity contribution in [1.29, 1.82) is 0 Å². The molecule has 0 saturated carbocycles. The Morgan fingerprint density at radius 2 is 1.86 bits per heavy atom. The normalized spacial score (nSPS) is 13.6. The number of thiocarbonyl (C=S) groups is 1. The van der Waals surface area contributed by atoms with E-state index in [2.05, 4.69) is 10.6 Å². The number of carbonyl (C=O) groups excluding carboxylic acids is 1. The second-order valence-electron chi connectivity index (χ2n) is 6.73. The fraction of sp³-hybridized carbons (Fsp3) is 0.400. The number of rotatable bonds is 5. The van der Waals surface area contributed by atoms with Crippen LogP contribution in [-0.4, -0.2) is 22.6 Å². The van der Waals surface area contributed by atoms with Gasteiger partial charge in [0.15, 0.2) is 5.11 Å². The van der Waals surface area contributed by atoms with E-state index in [0.717, 1.165) is 31.2 Å². The number of hydrogen-bond acceptors (Lipinski definition) is 6. The second-order valence-corrected chi connectivity index (χ2v) is 8.24. The number of non-ortho nitro benzene ring substituents is 1. The molecular weight excluding hydrogens is 410 g/mol. The van der Waals surface area contributed by atoms with Gasteiger partial charge in [-0.15, -0.1) is 11.3 Å². The Balaban J connectivity index is 1.81. The van der Waals surface area contributed by atoms with Gasteiger partial charge in [-0.2, -0.15) is 0 Å². The van der Waals surface area contributed by atoms with Crippen LogP contribution in [0.3, 0.4) is 0 Å². The number of nitrogens with zero attached hydrogens (tertiary/aromatic N) is 1. The van der Waals surface area contributed by atoms with Crippen molar-refractivity contribution >= 4 is 51.0 Å². The van der Waals surface area contributed by atoms with Crippen LogP contribution in [0.15, 0.2) is 24.3 Å². The predicted octanol–water partition coefficient (Wildman–Crippen LogP) is 5.30. The summed E-state index contributed by atoms with van der Waals surface area (Å²) in [5.41, 5.74) is 2.30. The van der Waals surface area contributed by atoms with Gasteiger partial charge in [-0.25, -0.2) is 4.79 Å². The molecule has 7 nitrogen and oxygen atoms in total. The van der Waals surface area contributed by atoms with Crippen LogP contribution in [0.2, 0.25) is 0 Å². The Kier molecular flexibility index (Phi) is 7.16. The van der Waals surface area contributed by atoms with Crippen LogP contribution in [0.1, 0.15) is 53.4 Å². The zero-order valence-electron chi connectivity index (χ0n) is 16.2. The quantitative estimate of drug-likeness (QED) is 0.286. The molecule has 2 aromatic rings. The van der Waals surface area contributed by atoms with Gasteiger partial charge in [0.05, 0.1) is 17.1 Å². The van der Waals surface area contributed by atoms with Gasteiger partial charge in [0, 0.05) is 22.7 Å². The molecule has 0 amide bonds. The molecule has 0 aliphatic heterocycles. The van der Waals surface area contributed by atoms with E-state index in [9.17, 15) is 14.9 Å². The van der Waals surface area contributed by atoms with Crippen LogP contribution in [-0.2, 0) is 17.6 Å². The number of hydrogen-bond donors (Lipinski definition) is 2. The van der Waals surface area contributed by atoms with Crippen LogP contribution < -0.4 is 10.6 Å². The highest BCUT2D eigenvalue weighted by molar-refractivity contribution is 7.80. The molecular formula is C20H23N3O4S2. The van der Waals surface area contributed by atoms with Gasteiger partial charge in [0.1, 0.15) is 5.00 Å². The highest BCUT2D eigenvalue weighted by Crippen LogP contribution is 2.37. The largest absolute Gasteiger partial charge is 0.462 e. The number of esters is 1. The molecule has 1 aromatic carbocycles. The van der Waals surface area contributed by atoms with E-state index < -0.39 is 4.92 Å². The smallest absolute Gasteiger partial charge is 0.341 e. The van der Waals surface area contributed by atoms with Crippen LogP contribution in [0.4, 0.5) is 16.4 Å². The third-order valence-corrected chi connectivity index (χ3v) is 6.13. The first-order chi connectivity index (χ1) is 14.0. The lowest BCUT2D eigenvalue weighted by Crippen LogP contribution is -2.20. The summed E-state index contributed by atoms with van der Waals surface area (Å²) in [4.78, 5) is 24.2. The number of nitro benzene ring substituents is 1. The summed E-state index contributed by atoms with van der Waals surface area (Å²) >= 11 is 6.96. The van der Waals surface area contributed by atoms with Crippen molar-refractivity contribution in [3.05, 3.63) is 50.4 Å². The van der Waals surface area contributed by atoms with Crippen LogP contribution >= 0.6 is 23.6 Å². The third-order valence-electron chi connectivity index (χ3n) is 4.71. The van der Waals surface area contributed by atoms with Crippen molar-refractivity contribution in [3.63, 3.8) is 0 Å². The number of fused-ring (bicyclic) bond motifs is 1. The first-order valence-electron chi connectivity index (χ1n) is 9.63. The molecule has 0 unspecified atom stereocenters. The minimum Gasteiger partial charge on any atom is -0.462 e. The van der Waals surface area contributed by atoms with Gasteiger partial charge < -0.3 is 15.4 Å². The molecule has 0 fully saturated rings. The average Bonchev–Trinajstić information content (AvgIpc) is 2.98. The van der Waals surface area contributed by atoms with Crippen molar-refractivity contribution in [2.75, 3.05) is 17.2 Å². The maximum atomic E-state index is 12.7. The average molecular weight is 434 g/mol. The van der Waals surface area contributed by atoms with E-state index in [-0.39, 0.29) is 11.7 Å². The number of nitro groups is 1.